The highest BCUT2D eigenvalue weighted by atomic mass is 16.5. The summed E-state index contributed by atoms with van der Waals surface area (Å²) in [5.74, 6) is -0.0317. The zero-order chi connectivity index (χ0) is 10.7. The fourth-order valence-corrected chi connectivity index (χ4v) is 2.23. The molecule has 2 heterocycles. The Hall–Kier alpha value is -0.650. The summed E-state index contributed by atoms with van der Waals surface area (Å²) >= 11 is 0. The number of hydrogen-bond acceptors (Lipinski definition) is 4. The molecule has 0 radical (unpaired) electrons. The summed E-state index contributed by atoms with van der Waals surface area (Å²) in [6, 6.07) is -0.0785. The predicted molar refractivity (Wildman–Crippen MR) is 52.4 cm³/mol. The molecule has 0 spiro atoms. The van der Waals surface area contributed by atoms with Crippen LogP contribution in [0.5, 0.6) is 0 Å². The molecule has 0 aromatic heterocycles. The van der Waals surface area contributed by atoms with E-state index in [0.29, 0.717) is 13.2 Å². The van der Waals surface area contributed by atoms with Crippen molar-refractivity contribution in [3.63, 3.8) is 0 Å². The second-order valence-corrected chi connectivity index (χ2v) is 4.02. The molecule has 2 aliphatic rings. The maximum absolute atomic E-state index is 11.7. The number of amides is 1. The van der Waals surface area contributed by atoms with E-state index < -0.39 is 0 Å². The maximum Gasteiger partial charge on any atom is 0.249 e. The SMILES string of the molecule is O=C1COCC(CO)N1C1CCCOC1. The number of aliphatic hydroxyl groups is 1. The van der Waals surface area contributed by atoms with E-state index in [1.807, 2.05) is 0 Å². The Balaban J connectivity index is 2.03. The average Bonchev–Trinajstić information content (AvgIpc) is 2.29. The molecule has 0 saturated carbocycles. The van der Waals surface area contributed by atoms with Crippen molar-refractivity contribution in [3.05, 3.63) is 0 Å². The Bertz CT molecular complexity index is 227. The Labute approximate surface area is 89.0 Å². The standard InChI is InChI=1S/C10H17NO4/c12-4-9-6-15-7-10(13)11(9)8-2-1-3-14-5-8/h8-9,12H,1-7H2. The fraction of sp³-hybridized carbons (Fsp3) is 0.900. The van der Waals surface area contributed by atoms with Gasteiger partial charge in [-0.05, 0) is 12.8 Å². The first-order valence-corrected chi connectivity index (χ1v) is 5.40. The number of aliphatic hydroxyl groups excluding tert-OH is 1. The Kier molecular flexibility index (Phi) is 3.56. The number of ether oxygens (including phenoxy) is 2. The normalized spacial score (nSPS) is 33.1. The van der Waals surface area contributed by atoms with Crippen molar-refractivity contribution < 1.29 is 19.4 Å². The van der Waals surface area contributed by atoms with E-state index in [9.17, 15) is 9.90 Å². The molecule has 0 aliphatic carbocycles. The van der Waals surface area contributed by atoms with Crippen LogP contribution in [0.25, 0.3) is 0 Å². The van der Waals surface area contributed by atoms with Gasteiger partial charge in [0.2, 0.25) is 5.91 Å². The van der Waals surface area contributed by atoms with Crippen LogP contribution in [0.1, 0.15) is 12.8 Å². The van der Waals surface area contributed by atoms with Crippen molar-refractivity contribution >= 4 is 5.91 Å². The molecule has 5 nitrogen and oxygen atoms in total. The molecule has 2 fully saturated rings. The third-order valence-electron chi connectivity index (χ3n) is 2.96. The van der Waals surface area contributed by atoms with Gasteiger partial charge in [0.05, 0.1) is 31.9 Å². The quantitative estimate of drug-likeness (QED) is 0.667. The summed E-state index contributed by atoms with van der Waals surface area (Å²) in [7, 11) is 0. The molecular weight excluding hydrogens is 198 g/mol. The Morgan fingerprint density at radius 2 is 2.27 bits per heavy atom. The third kappa shape index (κ3) is 2.30. The zero-order valence-corrected chi connectivity index (χ0v) is 8.72. The van der Waals surface area contributed by atoms with Gasteiger partial charge in [-0.25, -0.2) is 0 Å². The van der Waals surface area contributed by atoms with Gasteiger partial charge in [-0.15, -0.1) is 0 Å². The minimum Gasteiger partial charge on any atom is -0.394 e. The second kappa shape index (κ2) is 4.92. The topological polar surface area (TPSA) is 59.0 Å². The van der Waals surface area contributed by atoms with Gasteiger partial charge in [0.1, 0.15) is 6.61 Å². The van der Waals surface area contributed by atoms with Crippen molar-refractivity contribution in [2.24, 2.45) is 0 Å². The van der Waals surface area contributed by atoms with Crippen LogP contribution in [0, 0.1) is 0 Å². The van der Waals surface area contributed by atoms with Crippen LogP contribution in [0.2, 0.25) is 0 Å². The van der Waals surface area contributed by atoms with Gasteiger partial charge in [0.15, 0.2) is 0 Å². The first kappa shape index (κ1) is 10.9. The summed E-state index contributed by atoms with van der Waals surface area (Å²) in [4.78, 5) is 13.4. The molecule has 15 heavy (non-hydrogen) atoms. The number of nitrogens with zero attached hydrogens (tertiary/aromatic N) is 1. The number of morpholine rings is 1. The molecule has 2 saturated heterocycles. The molecule has 86 valence electrons. The van der Waals surface area contributed by atoms with E-state index in [2.05, 4.69) is 0 Å². The van der Waals surface area contributed by atoms with E-state index in [-0.39, 0.29) is 31.2 Å². The lowest BCUT2D eigenvalue weighted by Crippen LogP contribution is -2.57. The molecule has 2 rings (SSSR count). The molecule has 2 atom stereocenters. The van der Waals surface area contributed by atoms with Crippen LogP contribution in [0.15, 0.2) is 0 Å². The van der Waals surface area contributed by atoms with Gasteiger partial charge >= 0.3 is 0 Å². The number of rotatable bonds is 2. The lowest BCUT2D eigenvalue weighted by atomic mass is 10.1. The van der Waals surface area contributed by atoms with E-state index in [1.165, 1.54) is 0 Å². The van der Waals surface area contributed by atoms with E-state index in [0.717, 1.165) is 19.4 Å². The zero-order valence-electron chi connectivity index (χ0n) is 8.72. The summed E-state index contributed by atoms with van der Waals surface area (Å²) in [5, 5.41) is 9.20. The molecular formula is C10H17NO4. The van der Waals surface area contributed by atoms with Crippen LogP contribution >= 0.6 is 0 Å². The Morgan fingerprint density at radius 3 is 2.93 bits per heavy atom. The van der Waals surface area contributed by atoms with Crippen molar-refractivity contribution in [3.8, 4) is 0 Å². The summed E-state index contributed by atoms with van der Waals surface area (Å²) < 4.78 is 10.5. The summed E-state index contributed by atoms with van der Waals surface area (Å²) in [6.45, 7) is 1.88. The first-order valence-electron chi connectivity index (χ1n) is 5.40. The number of carbonyl (C=O) groups excluding carboxylic acids is 1. The largest absolute Gasteiger partial charge is 0.394 e. The molecule has 2 aliphatic heterocycles. The van der Waals surface area contributed by atoms with Gasteiger partial charge in [-0.1, -0.05) is 0 Å². The lowest BCUT2D eigenvalue weighted by Gasteiger charge is -2.41. The highest BCUT2D eigenvalue weighted by Crippen LogP contribution is 2.19. The van der Waals surface area contributed by atoms with E-state index >= 15 is 0 Å². The smallest absolute Gasteiger partial charge is 0.249 e. The van der Waals surface area contributed by atoms with E-state index in [1.54, 1.807) is 4.90 Å². The predicted octanol–water partition coefficient (Wildman–Crippen LogP) is -0.615. The number of hydrogen-bond donors (Lipinski definition) is 1. The molecule has 2 unspecified atom stereocenters. The summed E-state index contributed by atoms with van der Waals surface area (Å²) in [5.41, 5.74) is 0. The molecule has 0 bridgehead atoms. The van der Waals surface area contributed by atoms with Gasteiger partial charge < -0.3 is 19.5 Å². The molecule has 0 aromatic carbocycles. The van der Waals surface area contributed by atoms with Crippen molar-refractivity contribution in [1.29, 1.82) is 0 Å². The highest BCUT2D eigenvalue weighted by Gasteiger charge is 2.34. The number of carbonyl (C=O) groups is 1. The lowest BCUT2D eigenvalue weighted by molar-refractivity contribution is -0.158. The van der Waals surface area contributed by atoms with Crippen LogP contribution in [-0.2, 0) is 14.3 Å². The molecule has 1 amide bonds. The highest BCUT2D eigenvalue weighted by molar-refractivity contribution is 5.78. The molecule has 5 heteroatoms. The maximum atomic E-state index is 11.7. The van der Waals surface area contributed by atoms with Crippen molar-refractivity contribution in [1.82, 2.24) is 4.90 Å². The van der Waals surface area contributed by atoms with Gasteiger partial charge in [0.25, 0.3) is 0 Å². The fourth-order valence-electron chi connectivity index (χ4n) is 2.23. The van der Waals surface area contributed by atoms with E-state index in [4.69, 9.17) is 9.47 Å². The Morgan fingerprint density at radius 1 is 1.40 bits per heavy atom. The monoisotopic (exact) mass is 215 g/mol. The van der Waals surface area contributed by atoms with Crippen LogP contribution in [0.3, 0.4) is 0 Å². The summed E-state index contributed by atoms with van der Waals surface area (Å²) in [6.07, 6.45) is 1.94. The molecule has 0 aromatic rings. The van der Waals surface area contributed by atoms with Crippen LogP contribution in [0.4, 0.5) is 0 Å². The second-order valence-electron chi connectivity index (χ2n) is 4.02. The van der Waals surface area contributed by atoms with Crippen molar-refractivity contribution in [2.45, 2.75) is 24.9 Å². The van der Waals surface area contributed by atoms with Crippen LogP contribution in [-0.4, -0.2) is 61.0 Å². The third-order valence-corrected chi connectivity index (χ3v) is 2.96. The minimum atomic E-state index is -0.196. The minimum absolute atomic E-state index is 0.0317. The first-order chi connectivity index (χ1) is 7.33. The molecule has 1 N–H and O–H groups in total. The van der Waals surface area contributed by atoms with Crippen LogP contribution < -0.4 is 0 Å². The van der Waals surface area contributed by atoms with Gasteiger partial charge in [-0.3, -0.25) is 4.79 Å². The van der Waals surface area contributed by atoms with Gasteiger partial charge in [-0.2, -0.15) is 0 Å². The van der Waals surface area contributed by atoms with Gasteiger partial charge in [0, 0.05) is 6.61 Å². The average molecular weight is 215 g/mol. The van der Waals surface area contributed by atoms with Crippen molar-refractivity contribution in [2.75, 3.05) is 33.0 Å².